The number of carbonyl (C=O) groups excluding carboxylic acids is 3. The van der Waals surface area contributed by atoms with Crippen molar-refractivity contribution in [3.63, 3.8) is 0 Å². The van der Waals surface area contributed by atoms with E-state index < -0.39 is 25.4 Å². The molecule has 0 unspecified atom stereocenters. The van der Waals surface area contributed by atoms with E-state index in [1.54, 1.807) is 51.2 Å². The maximum absolute atomic E-state index is 13.2. The zero-order valence-electron chi connectivity index (χ0n) is 20.3. The fourth-order valence-corrected chi connectivity index (χ4v) is 6.63. The van der Waals surface area contributed by atoms with Crippen LogP contribution in [-0.2, 0) is 23.2 Å². The SMILES string of the molecule is CCCN1C(=O)c2cccc3cc(NC(=O)[C@@H]4C[C@@H](P(=O)(OCC)OCC)N(C)O4)cc(c23)C1=O. The first kappa shape index (κ1) is 25.5. The van der Waals surface area contributed by atoms with Gasteiger partial charge in [0.1, 0.15) is 5.78 Å². The molecule has 1 fully saturated rings. The molecule has 2 aromatic carbocycles. The number of anilines is 1. The Bertz CT molecular complexity index is 1210. The first-order valence-electron chi connectivity index (χ1n) is 11.8. The molecule has 1 saturated heterocycles. The molecule has 1 N–H and O–H groups in total. The van der Waals surface area contributed by atoms with Crippen LogP contribution in [0.5, 0.6) is 0 Å². The monoisotopic (exact) mass is 503 g/mol. The fraction of sp³-hybridized carbons (Fsp3) is 0.458. The Labute approximate surface area is 204 Å². The molecule has 2 aliphatic rings. The van der Waals surface area contributed by atoms with E-state index in [0.29, 0.717) is 40.6 Å². The van der Waals surface area contributed by atoms with Crippen LogP contribution in [0.15, 0.2) is 30.3 Å². The number of imide groups is 1. The first-order valence-corrected chi connectivity index (χ1v) is 13.4. The molecule has 11 heteroatoms. The second-order valence-electron chi connectivity index (χ2n) is 8.41. The van der Waals surface area contributed by atoms with Gasteiger partial charge < -0.3 is 14.4 Å². The number of hydrogen-bond acceptors (Lipinski definition) is 8. The van der Waals surface area contributed by atoms with Crippen molar-refractivity contribution in [2.75, 3.05) is 32.1 Å². The molecule has 0 bridgehead atoms. The summed E-state index contributed by atoms with van der Waals surface area (Å²) in [5.41, 5.74) is 1.23. The summed E-state index contributed by atoms with van der Waals surface area (Å²) in [6.07, 6.45) is -0.172. The van der Waals surface area contributed by atoms with E-state index >= 15 is 0 Å². The van der Waals surface area contributed by atoms with Crippen LogP contribution in [0.1, 0.15) is 54.3 Å². The molecule has 188 valence electrons. The highest BCUT2D eigenvalue weighted by atomic mass is 31.2. The lowest BCUT2D eigenvalue weighted by Crippen LogP contribution is -2.40. The van der Waals surface area contributed by atoms with Crippen molar-refractivity contribution in [3.05, 3.63) is 41.5 Å². The zero-order valence-corrected chi connectivity index (χ0v) is 21.2. The first-order chi connectivity index (χ1) is 16.7. The number of benzene rings is 2. The lowest BCUT2D eigenvalue weighted by atomic mass is 9.93. The molecule has 10 nitrogen and oxygen atoms in total. The van der Waals surface area contributed by atoms with Crippen molar-refractivity contribution >= 4 is 41.8 Å². The predicted molar refractivity (Wildman–Crippen MR) is 130 cm³/mol. The van der Waals surface area contributed by atoms with Crippen molar-refractivity contribution in [1.29, 1.82) is 0 Å². The highest BCUT2D eigenvalue weighted by molar-refractivity contribution is 7.54. The molecule has 0 radical (unpaired) electrons. The quantitative estimate of drug-likeness (QED) is 0.403. The molecule has 2 heterocycles. The van der Waals surface area contributed by atoms with Gasteiger partial charge >= 0.3 is 7.60 Å². The summed E-state index contributed by atoms with van der Waals surface area (Å²) in [7, 11) is -1.93. The summed E-state index contributed by atoms with van der Waals surface area (Å²) in [4.78, 5) is 46.0. The maximum atomic E-state index is 13.2. The van der Waals surface area contributed by atoms with Crippen molar-refractivity contribution in [2.24, 2.45) is 0 Å². The van der Waals surface area contributed by atoms with Crippen LogP contribution in [0, 0.1) is 0 Å². The summed E-state index contributed by atoms with van der Waals surface area (Å²) in [6.45, 7) is 6.06. The van der Waals surface area contributed by atoms with E-state index in [4.69, 9.17) is 13.9 Å². The van der Waals surface area contributed by atoms with Gasteiger partial charge in [0.25, 0.3) is 17.7 Å². The number of amides is 3. The van der Waals surface area contributed by atoms with E-state index in [9.17, 15) is 18.9 Å². The van der Waals surface area contributed by atoms with Gasteiger partial charge in [-0.15, -0.1) is 0 Å². The van der Waals surface area contributed by atoms with Gasteiger partial charge in [0, 0.05) is 36.7 Å². The van der Waals surface area contributed by atoms with Crippen LogP contribution >= 0.6 is 7.60 Å². The van der Waals surface area contributed by atoms with Crippen LogP contribution in [-0.4, -0.2) is 66.4 Å². The third-order valence-electron chi connectivity index (χ3n) is 6.06. The summed E-state index contributed by atoms with van der Waals surface area (Å²) in [6, 6.07) is 8.56. The van der Waals surface area contributed by atoms with Gasteiger partial charge in [0.15, 0.2) is 6.10 Å². The molecular weight excluding hydrogens is 473 g/mol. The van der Waals surface area contributed by atoms with Gasteiger partial charge in [-0.05, 0) is 43.9 Å². The van der Waals surface area contributed by atoms with Crippen molar-refractivity contribution in [1.82, 2.24) is 9.96 Å². The van der Waals surface area contributed by atoms with E-state index in [1.165, 1.54) is 9.96 Å². The standard InChI is InChI=1S/C24H30N3O7P/c1-5-11-27-23(29)17-10-8-9-15-12-16(13-18(21(15)17)24(27)30)25-22(28)19-14-20(26(4)34-19)35(31,32-6-2)33-7-3/h8-10,12-13,19-20H,5-7,11,14H2,1-4H3,(H,25,28)/t19-,20+/m0/s1. The molecule has 2 atom stereocenters. The van der Waals surface area contributed by atoms with Crippen LogP contribution in [0.3, 0.4) is 0 Å². The number of nitrogens with one attached hydrogen (secondary N) is 1. The fourth-order valence-electron chi connectivity index (χ4n) is 4.59. The third-order valence-corrected chi connectivity index (χ3v) is 8.56. The van der Waals surface area contributed by atoms with Crippen LogP contribution in [0.2, 0.25) is 0 Å². The lowest BCUT2D eigenvalue weighted by Gasteiger charge is -2.27. The molecule has 35 heavy (non-hydrogen) atoms. The molecule has 0 aliphatic carbocycles. The van der Waals surface area contributed by atoms with Crippen LogP contribution in [0.4, 0.5) is 5.69 Å². The number of nitrogens with zero attached hydrogens (tertiary/aromatic N) is 2. The molecule has 3 amide bonds. The summed E-state index contributed by atoms with van der Waals surface area (Å²) >= 11 is 0. The van der Waals surface area contributed by atoms with Gasteiger partial charge in [-0.1, -0.05) is 19.1 Å². The predicted octanol–water partition coefficient (Wildman–Crippen LogP) is 4.01. The smallest absolute Gasteiger partial charge is 0.324 e. The summed E-state index contributed by atoms with van der Waals surface area (Å²) in [5, 5.41) is 5.42. The molecule has 0 saturated carbocycles. The Balaban J connectivity index is 1.60. The summed E-state index contributed by atoms with van der Waals surface area (Å²) < 4.78 is 24.1. The summed E-state index contributed by atoms with van der Waals surface area (Å²) in [5.74, 6) is -1.88. The van der Waals surface area contributed by atoms with Gasteiger partial charge in [-0.25, -0.2) is 0 Å². The average molecular weight is 503 g/mol. The average Bonchev–Trinajstić information content (AvgIpc) is 3.23. The van der Waals surface area contributed by atoms with Gasteiger partial charge in [0.05, 0.1) is 18.8 Å². The Morgan fingerprint density at radius 3 is 2.46 bits per heavy atom. The molecule has 0 aromatic heterocycles. The molecule has 2 aromatic rings. The number of rotatable bonds is 9. The van der Waals surface area contributed by atoms with Gasteiger partial charge in [-0.3, -0.25) is 28.7 Å². The van der Waals surface area contributed by atoms with Gasteiger partial charge in [0.2, 0.25) is 0 Å². The van der Waals surface area contributed by atoms with Crippen molar-refractivity contribution in [3.8, 4) is 0 Å². The minimum absolute atomic E-state index is 0.113. The topological polar surface area (TPSA) is 114 Å². The maximum Gasteiger partial charge on any atom is 0.350 e. The molecule has 0 spiro atoms. The highest BCUT2D eigenvalue weighted by Gasteiger charge is 2.48. The number of hydrogen-bond donors (Lipinski definition) is 1. The minimum atomic E-state index is -3.51. The second-order valence-corrected chi connectivity index (χ2v) is 10.6. The van der Waals surface area contributed by atoms with Gasteiger partial charge in [-0.2, -0.15) is 5.06 Å². The lowest BCUT2D eigenvalue weighted by molar-refractivity contribution is -0.155. The number of carbonyl (C=O) groups is 3. The van der Waals surface area contributed by atoms with E-state index in [0.717, 1.165) is 0 Å². The van der Waals surface area contributed by atoms with E-state index in [-0.39, 0.29) is 31.4 Å². The second kappa shape index (κ2) is 10.2. The zero-order chi connectivity index (χ0) is 25.3. The normalized spacial score (nSPS) is 20.6. The Morgan fingerprint density at radius 1 is 1.11 bits per heavy atom. The Morgan fingerprint density at radius 2 is 1.80 bits per heavy atom. The van der Waals surface area contributed by atoms with Crippen LogP contribution in [0.25, 0.3) is 10.8 Å². The van der Waals surface area contributed by atoms with E-state index in [2.05, 4.69) is 5.32 Å². The largest absolute Gasteiger partial charge is 0.350 e. The van der Waals surface area contributed by atoms with E-state index in [1.807, 2.05) is 6.92 Å². The molecule has 2 aliphatic heterocycles. The third kappa shape index (κ3) is 4.64. The van der Waals surface area contributed by atoms with Crippen molar-refractivity contribution < 1.29 is 32.8 Å². The Kier molecular flexibility index (Phi) is 7.40. The molecule has 4 rings (SSSR count). The minimum Gasteiger partial charge on any atom is -0.324 e. The molecular formula is C24H30N3O7P. The van der Waals surface area contributed by atoms with Crippen LogP contribution < -0.4 is 5.32 Å². The van der Waals surface area contributed by atoms with Crippen molar-refractivity contribution in [2.45, 2.75) is 45.5 Å². The Hall–Kier alpha value is -2.62. The number of hydroxylamine groups is 2. The highest BCUT2D eigenvalue weighted by Crippen LogP contribution is 2.57.